The molecule has 1 saturated heterocycles. The zero-order valence-electron chi connectivity index (χ0n) is 20.0. The Bertz CT molecular complexity index is 1220. The highest BCUT2D eigenvalue weighted by molar-refractivity contribution is 6.09. The maximum Gasteiger partial charge on any atom is 0.227 e. The summed E-state index contributed by atoms with van der Waals surface area (Å²) in [5, 5.41) is 18.5. The first-order valence-electron chi connectivity index (χ1n) is 11.2. The molecule has 1 atom stereocenters. The summed E-state index contributed by atoms with van der Waals surface area (Å²) >= 11 is 0. The molecule has 1 aromatic carbocycles. The molecule has 3 heterocycles. The van der Waals surface area contributed by atoms with Crippen molar-refractivity contribution in [3.8, 4) is 5.75 Å². The maximum absolute atomic E-state index is 7.77. The van der Waals surface area contributed by atoms with E-state index in [0.717, 1.165) is 65.4 Å². The van der Waals surface area contributed by atoms with Gasteiger partial charge in [-0.15, -0.1) is 0 Å². The van der Waals surface area contributed by atoms with Gasteiger partial charge in [0, 0.05) is 60.9 Å². The Hall–Kier alpha value is -3.72. The fraction of sp³-hybridized carbons (Fsp3) is 0.360. The number of hydrogen-bond acceptors (Lipinski definition) is 9. The first-order valence-corrected chi connectivity index (χ1v) is 11.2. The van der Waals surface area contributed by atoms with Crippen molar-refractivity contribution in [1.82, 2.24) is 20.3 Å². The first kappa shape index (κ1) is 23.4. The molecule has 0 aliphatic carbocycles. The number of pyridine rings is 1. The standard InChI is InChI=1S/C25H31N7O2/c1-16(27-3)19(12-26)17-5-6-20(21(11-17)33-4)31-24-29-13-18-7-9-28-23(22(18)32-24)30-14-25(2)8-10-34-15-25/h5-7,9,11-13,26-27H,8,10,14-15H2,1-4H3,(H,28,30)(H,29,31,32)/b19-16+,26-12?. The summed E-state index contributed by atoms with van der Waals surface area (Å²) in [4.78, 5) is 13.7. The maximum atomic E-state index is 7.77. The van der Waals surface area contributed by atoms with Crippen molar-refractivity contribution in [2.24, 2.45) is 5.41 Å². The minimum Gasteiger partial charge on any atom is -0.495 e. The number of aromatic nitrogens is 3. The number of ether oxygens (including phenoxy) is 2. The molecule has 4 N–H and O–H groups in total. The van der Waals surface area contributed by atoms with Crippen LogP contribution >= 0.6 is 0 Å². The van der Waals surface area contributed by atoms with Crippen LogP contribution < -0.4 is 20.7 Å². The average molecular weight is 462 g/mol. The number of nitrogens with one attached hydrogen (secondary N) is 4. The Morgan fingerprint density at radius 2 is 2.15 bits per heavy atom. The molecule has 2 aromatic heterocycles. The molecule has 9 heteroatoms. The van der Waals surface area contributed by atoms with E-state index in [1.165, 1.54) is 6.21 Å². The van der Waals surface area contributed by atoms with Crippen molar-refractivity contribution in [2.45, 2.75) is 20.3 Å². The summed E-state index contributed by atoms with van der Waals surface area (Å²) in [5.41, 5.74) is 4.13. The molecule has 0 saturated carbocycles. The highest BCUT2D eigenvalue weighted by Crippen LogP contribution is 2.32. The van der Waals surface area contributed by atoms with Crippen LogP contribution in [0.4, 0.5) is 17.5 Å². The fourth-order valence-electron chi connectivity index (χ4n) is 3.92. The second-order valence-corrected chi connectivity index (χ2v) is 8.73. The molecule has 9 nitrogen and oxygen atoms in total. The predicted molar refractivity (Wildman–Crippen MR) is 136 cm³/mol. The fourth-order valence-corrected chi connectivity index (χ4v) is 3.92. The second kappa shape index (κ2) is 10.0. The van der Waals surface area contributed by atoms with Crippen LogP contribution in [-0.4, -0.2) is 55.1 Å². The monoisotopic (exact) mass is 461 g/mol. The van der Waals surface area contributed by atoms with Crippen LogP contribution in [0.5, 0.6) is 5.75 Å². The van der Waals surface area contributed by atoms with Gasteiger partial charge in [0.25, 0.3) is 0 Å². The molecular weight excluding hydrogens is 430 g/mol. The van der Waals surface area contributed by atoms with Crippen molar-refractivity contribution in [3.63, 3.8) is 0 Å². The second-order valence-electron chi connectivity index (χ2n) is 8.73. The van der Waals surface area contributed by atoms with E-state index in [0.29, 0.717) is 11.7 Å². The Labute approximate surface area is 199 Å². The number of allylic oxidation sites excluding steroid dienone is 2. The van der Waals surface area contributed by atoms with Crippen LogP contribution in [0, 0.1) is 10.8 Å². The zero-order valence-corrected chi connectivity index (χ0v) is 20.0. The number of rotatable bonds is 9. The topological polar surface area (TPSA) is 117 Å². The number of anilines is 3. The van der Waals surface area contributed by atoms with Gasteiger partial charge in [0.1, 0.15) is 11.3 Å². The number of benzene rings is 1. The van der Waals surface area contributed by atoms with Crippen LogP contribution in [0.15, 0.2) is 42.4 Å². The number of methoxy groups -OCH3 is 1. The highest BCUT2D eigenvalue weighted by Gasteiger charge is 2.29. The van der Waals surface area contributed by atoms with Gasteiger partial charge in [0.15, 0.2) is 5.82 Å². The van der Waals surface area contributed by atoms with E-state index in [4.69, 9.17) is 19.9 Å². The SMILES string of the molecule is CN/C(C)=C(\C=N)c1ccc(Nc2ncc3ccnc(NCC4(C)CCOC4)c3n2)c(OC)c1. The summed E-state index contributed by atoms with van der Waals surface area (Å²) < 4.78 is 11.2. The lowest BCUT2D eigenvalue weighted by atomic mass is 9.90. The van der Waals surface area contributed by atoms with E-state index in [1.807, 2.05) is 38.2 Å². The lowest BCUT2D eigenvalue weighted by molar-refractivity contribution is 0.164. The average Bonchev–Trinajstić information content (AvgIpc) is 3.30. The molecule has 0 radical (unpaired) electrons. The Kier molecular flexibility index (Phi) is 6.93. The lowest BCUT2D eigenvalue weighted by Crippen LogP contribution is -2.27. The van der Waals surface area contributed by atoms with E-state index < -0.39 is 0 Å². The zero-order chi connectivity index (χ0) is 24.1. The van der Waals surface area contributed by atoms with Gasteiger partial charge in [0.2, 0.25) is 5.95 Å². The van der Waals surface area contributed by atoms with E-state index in [2.05, 4.69) is 32.8 Å². The predicted octanol–water partition coefficient (Wildman–Crippen LogP) is 4.22. The smallest absolute Gasteiger partial charge is 0.227 e. The molecule has 34 heavy (non-hydrogen) atoms. The van der Waals surface area contributed by atoms with Crippen molar-refractivity contribution in [1.29, 1.82) is 5.41 Å². The third-order valence-corrected chi connectivity index (χ3v) is 6.16. The molecule has 3 aromatic rings. The van der Waals surface area contributed by atoms with Crippen molar-refractivity contribution in [2.75, 3.05) is 44.5 Å². The van der Waals surface area contributed by atoms with Gasteiger partial charge in [-0.2, -0.15) is 0 Å². The molecule has 178 valence electrons. The van der Waals surface area contributed by atoms with Gasteiger partial charge in [-0.25, -0.2) is 15.0 Å². The molecule has 0 bridgehead atoms. The number of hydrogen-bond donors (Lipinski definition) is 4. The largest absolute Gasteiger partial charge is 0.495 e. The molecule has 1 aliphatic rings. The molecule has 1 fully saturated rings. The summed E-state index contributed by atoms with van der Waals surface area (Å²) in [5.74, 6) is 1.80. The molecular formula is C25H31N7O2. The van der Waals surface area contributed by atoms with Crippen molar-refractivity contribution in [3.05, 3.63) is 47.9 Å². The minimum absolute atomic E-state index is 0.0858. The summed E-state index contributed by atoms with van der Waals surface area (Å²) in [7, 11) is 3.45. The van der Waals surface area contributed by atoms with Gasteiger partial charge < -0.3 is 30.8 Å². The third-order valence-electron chi connectivity index (χ3n) is 6.16. The Morgan fingerprint density at radius 1 is 1.29 bits per heavy atom. The minimum atomic E-state index is 0.0858. The molecule has 0 spiro atoms. The molecule has 1 unspecified atom stereocenters. The molecule has 0 amide bonds. The van der Waals surface area contributed by atoms with Gasteiger partial charge in [-0.05, 0) is 37.1 Å². The summed E-state index contributed by atoms with van der Waals surface area (Å²) in [6.45, 7) is 6.44. The summed E-state index contributed by atoms with van der Waals surface area (Å²) in [6.07, 6.45) is 5.90. The van der Waals surface area contributed by atoms with Crippen molar-refractivity contribution < 1.29 is 9.47 Å². The van der Waals surface area contributed by atoms with Crippen molar-refractivity contribution >= 4 is 40.1 Å². The van der Waals surface area contributed by atoms with Crippen LogP contribution in [0.1, 0.15) is 25.8 Å². The van der Waals surface area contributed by atoms with E-state index >= 15 is 0 Å². The molecule has 1 aliphatic heterocycles. The lowest BCUT2D eigenvalue weighted by Gasteiger charge is -2.22. The van der Waals surface area contributed by atoms with Gasteiger partial charge in [0.05, 0.1) is 19.4 Å². The first-order chi connectivity index (χ1) is 16.5. The Morgan fingerprint density at radius 3 is 2.85 bits per heavy atom. The third kappa shape index (κ3) is 4.94. The van der Waals surface area contributed by atoms with E-state index in [9.17, 15) is 0 Å². The number of nitrogens with zero attached hydrogens (tertiary/aromatic N) is 3. The van der Waals surface area contributed by atoms with E-state index in [1.54, 1.807) is 19.5 Å². The number of fused-ring (bicyclic) bond motifs is 1. The Balaban J connectivity index is 1.61. The van der Waals surface area contributed by atoms with Crippen LogP contribution in [-0.2, 0) is 4.74 Å². The summed E-state index contributed by atoms with van der Waals surface area (Å²) in [6, 6.07) is 7.63. The molecule has 4 rings (SSSR count). The van der Waals surface area contributed by atoms with Crippen LogP contribution in [0.25, 0.3) is 16.5 Å². The van der Waals surface area contributed by atoms with Gasteiger partial charge in [-0.1, -0.05) is 13.0 Å². The van der Waals surface area contributed by atoms with E-state index in [-0.39, 0.29) is 5.41 Å². The van der Waals surface area contributed by atoms with Crippen LogP contribution in [0.2, 0.25) is 0 Å². The quantitative estimate of drug-likeness (QED) is 0.350. The van der Waals surface area contributed by atoms with Crippen LogP contribution in [0.3, 0.4) is 0 Å². The normalized spacial score (nSPS) is 18.4. The highest BCUT2D eigenvalue weighted by atomic mass is 16.5. The van der Waals surface area contributed by atoms with Gasteiger partial charge >= 0.3 is 0 Å². The van der Waals surface area contributed by atoms with Gasteiger partial charge in [-0.3, -0.25) is 0 Å².